The Morgan fingerprint density at radius 2 is 1.88 bits per heavy atom. The Hall–Kier alpha value is -3.44. The van der Waals surface area contributed by atoms with Gasteiger partial charge in [-0.25, -0.2) is 13.2 Å². The van der Waals surface area contributed by atoms with Crippen LogP contribution in [0.5, 0.6) is 0 Å². The van der Waals surface area contributed by atoms with E-state index < -0.39 is 17.5 Å². The Kier molecular flexibility index (Phi) is 7.20. The van der Waals surface area contributed by atoms with Gasteiger partial charge in [-0.1, -0.05) is 11.2 Å². The SMILES string of the molecule is O=CCc1ccc(Nc2c(-c3nnc(NCCN4CCOCC4)o3)ccc(F)c2F)c(F)c1. The van der Waals surface area contributed by atoms with Crippen molar-refractivity contribution in [2.24, 2.45) is 0 Å². The molecule has 0 atom stereocenters. The highest BCUT2D eigenvalue weighted by atomic mass is 19.2. The first-order valence-corrected chi connectivity index (χ1v) is 10.4. The molecule has 0 unspecified atom stereocenters. The second kappa shape index (κ2) is 10.5. The first-order chi connectivity index (χ1) is 16.0. The van der Waals surface area contributed by atoms with Gasteiger partial charge in [-0.05, 0) is 29.8 Å². The molecule has 11 heteroatoms. The van der Waals surface area contributed by atoms with Crippen molar-refractivity contribution in [3.05, 3.63) is 53.3 Å². The maximum absolute atomic E-state index is 14.7. The predicted octanol–water partition coefficient (Wildman–Crippen LogP) is 3.38. The fraction of sp³-hybridized carbons (Fsp3) is 0.318. The number of hydrogen-bond donors (Lipinski definition) is 2. The highest BCUT2D eigenvalue weighted by Gasteiger charge is 2.21. The number of ether oxygens (including phenoxy) is 1. The lowest BCUT2D eigenvalue weighted by Crippen LogP contribution is -2.39. The minimum absolute atomic E-state index is 0.0417. The van der Waals surface area contributed by atoms with Gasteiger partial charge in [0.05, 0.1) is 30.2 Å². The van der Waals surface area contributed by atoms with Crippen molar-refractivity contribution >= 4 is 23.7 Å². The number of morpholine rings is 1. The van der Waals surface area contributed by atoms with Gasteiger partial charge in [0, 0.05) is 32.6 Å². The average molecular weight is 461 g/mol. The molecule has 1 aliphatic rings. The molecular weight excluding hydrogens is 439 g/mol. The summed E-state index contributed by atoms with van der Waals surface area (Å²) in [7, 11) is 0. The summed E-state index contributed by atoms with van der Waals surface area (Å²) in [6.45, 7) is 4.36. The van der Waals surface area contributed by atoms with Gasteiger partial charge in [-0.3, -0.25) is 4.90 Å². The van der Waals surface area contributed by atoms with E-state index in [1.54, 1.807) is 0 Å². The Morgan fingerprint density at radius 1 is 1.06 bits per heavy atom. The molecule has 2 heterocycles. The number of hydrogen-bond acceptors (Lipinski definition) is 8. The number of anilines is 3. The maximum Gasteiger partial charge on any atom is 0.315 e. The van der Waals surface area contributed by atoms with Gasteiger partial charge in [0.25, 0.3) is 5.89 Å². The fourth-order valence-corrected chi connectivity index (χ4v) is 3.42. The van der Waals surface area contributed by atoms with Crippen LogP contribution in [-0.2, 0) is 16.0 Å². The van der Waals surface area contributed by atoms with Crippen molar-refractivity contribution in [1.29, 1.82) is 0 Å². The van der Waals surface area contributed by atoms with Crippen LogP contribution in [0.4, 0.5) is 30.6 Å². The lowest BCUT2D eigenvalue weighted by molar-refractivity contribution is -0.107. The van der Waals surface area contributed by atoms with Crippen LogP contribution in [0, 0.1) is 17.5 Å². The van der Waals surface area contributed by atoms with Crippen molar-refractivity contribution < 1.29 is 27.1 Å². The smallest absolute Gasteiger partial charge is 0.315 e. The Bertz CT molecular complexity index is 1120. The number of benzene rings is 2. The first kappa shape index (κ1) is 22.7. The van der Waals surface area contributed by atoms with Crippen LogP contribution in [0.15, 0.2) is 34.7 Å². The molecule has 0 aliphatic carbocycles. The second-order valence-corrected chi connectivity index (χ2v) is 7.39. The maximum atomic E-state index is 14.7. The summed E-state index contributed by atoms with van der Waals surface area (Å²) in [5.41, 5.74) is 0.0796. The monoisotopic (exact) mass is 461 g/mol. The number of aromatic nitrogens is 2. The van der Waals surface area contributed by atoms with E-state index in [2.05, 4.69) is 25.7 Å². The van der Waals surface area contributed by atoms with Gasteiger partial charge in [0.1, 0.15) is 12.1 Å². The molecule has 8 nitrogen and oxygen atoms in total. The summed E-state index contributed by atoms with van der Waals surface area (Å²) < 4.78 is 53.9. The third-order valence-electron chi connectivity index (χ3n) is 5.17. The summed E-state index contributed by atoms with van der Waals surface area (Å²) in [5.74, 6) is -3.13. The standard InChI is InChI=1S/C22H22F3N5O3/c23-16-3-2-15(20(19(16)25)27-18-4-1-14(5-10-31)13-17(18)24)21-28-29-22(33-21)26-6-7-30-8-11-32-12-9-30/h1-4,10,13,27H,5-9,11-12H2,(H,26,29). The van der Waals surface area contributed by atoms with E-state index >= 15 is 0 Å². The van der Waals surface area contributed by atoms with Gasteiger partial charge in [0.15, 0.2) is 11.6 Å². The predicted molar refractivity (Wildman–Crippen MR) is 115 cm³/mol. The van der Waals surface area contributed by atoms with Crippen molar-refractivity contribution in [3.63, 3.8) is 0 Å². The van der Waals surface area contributed by atoms with Crippen LogP contribution in [0.1, 0.15) is 5.56 Å². The summed E-state index contributed by atoms with van der Waals surface area (Å²) in [6, 6.07) is 6.32. The highest BCUT2D eigenvalue weighted by Crippen LogP contribution is 2.34. The largest absolute Gasteiger partial charge is 0.403 e. The van der Waals surface area contributed by atoms with Gasteiger partial charge in [-0.15, -0.1) is 5.10 Å². The molecule has 2 aromatic carbocycles. The third kappa shape index (κ3) is 5.49. The minimum atomic E-state index is -1.22. The molecule has 33 heavy (non-hydrogen) atoms. The van der Waals surface area contributed by atoms with E-state index in [1.807, 2.05) is 0 Å². The normalized spacial score (nSPS) is 14.3. The molecule has 4 rings (SSSR count). The molecule has 3 aromatic rings. The van der Waals surface area contributed by atoms with Crippen molar-refractivity contribution in [2.75, 3.05) is 50.0 Å². The van der Waals surface area contributed by atoms with Crippen LogP contribution in [-0.4, -0.2) is 60.8 Å². The number of nitrogens with one attached hydrogen (secondary N) is 2. The third-order valence-corrected chi connectivity index (χ3v) is 5.17. The molecule has 0 bridgehead atoms. The van der Waals surface area contributed by atoms with Crippen LogP contribution in [0.25, 0.3) is 11.5 Å². The average Bonchev–Trinajstić information content (AvgIpc) is 3.28. The zero-order valence-electron chi connectivity index (χ0n) is 17.6. The number of rotatable bonds is 9. The van der Waals surface area contributed by atoms with E-state index in [0.717, 1.165) is 31.8 Å². The summed E-state index contributed by atoms with van der Waals surface area (Å²) in [5, 5.41) is 13.4. The van der Waals surface area contributed by atoms with E-state index in [4.69, 9.17) is 9.15 Å². The minimum Gasteiger partial charge on any atom is -0.403 e. The molecule has 0 amide bonds. The molecule has 0 radical (unpaired) electrons. The van der Waals surface area contributed by atoms with E-state index in [1.165, 1.54) is 18.2 Å². The number of aldehydes is 1. The van der Waals surface area contributed by atoms with E-state index in [0.29, 0.717) is 31.6 Å². The molecule has 1 fully saturated rings. The zero-order chi connectivity index (χ0) is 23.2. The Morgan fingerprint density at radius 3 is 2.64 bits per heavy atom. The number of carbonyl (C=O) groups is 1. The summed E-state index contributed by atoms with van der Waals surface area (Å²) in [6.07, 6.45) is 0.689. The van der Waals surface area contributed by atoms with Gasteiger partial charge >= 0.3 is 6.01 Å². The van der Waals surface area contributed by atoms with Crippen molar-refractivity contribution in [1.82, 2.24) is 15.1 Å². The second-order valence-electron chi connectivity index (χ2n) is 7.39. The van der Waals surface area contributed by atoms with E-state index in [9.17, 15) is 18.0 Å². The molecular formula is C22H22F3N5O3. The highest BCUT2D eigenvalue weighted by molar-refractivity contribution is 5.78. The molecule has 0 spiro atoms. The van der Waals surface area contributed by atoms with Gasteiger partial charge < -0.3 is 24.6 Å². The molecule has 1 aliphatic heterocycles. The van der Waals surface area contributed by atoms with Crippen LogP contribution in [0.2, 0.25) is 0 Å². The number of halogens is 3. The topological polar surface area (TPSA) is 92.5 Å². The fourth-order valence-electron chi connectivity index (χ4n) is 3.42. The lowest BCUT2D eigenvalue weighted by atomic mass is 10.1. The molecule has 1 aromatic heterocycles. The molecule has 2 N–H and O–H groups in total. The first-order valence-electron chi connectivity index (χ1n) is 10.4. The van der Waals surface area contributed by atoms with Crippen LogP contribution in [0.3, 0.4) is 0 Å². The number of carbonyl (C=O) groups excluding carboxylic acids is 1. The summed E-state index contributed by atoms with van der Waals surface area (Å²) in [4.78, 5) is 12.9. The quantitative estimate of drug-likeness (QED) is 0.469. The number of nitrogens with zero attached hydrogens (tertiary/aromatic N) is 3. The van der Waals surface area contributed by atoms with Gasteiger partial charge in [-0.2, -0.15) is 0 Å². The van der Waals surface area contributed by atoms with Crippen LogP contribution < -0.4 is 10.6 Å². The Labute approximate surface area is 187 Å². The van der Waals surface area contributed by atoms with Gasteiger partial charge in [0.2, 0.25) is 0 Å². The van der Waals surface area contributed by atoms with Crippen molar-refractivity contribution in [2.45, 2.75) is 6.42 Å². The molecule has 0 saturated carbocycles. The molecule has 174 valence electrons. The Balaban J connectivity index is 1.51. The van der Waals surface area contributed by atoms with Crippen LogP contribution >= 0.6 is 0 Å². The summed E-state index contributed by atoms with van der Waals surface area (Å²) >= 11 is 0. The van der Waals surface area contributed by atoms with E-state index in [-0.39, 0.29) is 35.3 Å². The zero-order valence-corrected chi connectivity index (χ0v) is 17.6. The lowest BCUT2D eigenvalue weighted by Gasteiger charge is -2.26. The molecule has 1 saturated heterocycles. The van der Waals surface area contributed by atoms with Crippen molar-refractivity contribution in [3.8, 4) is 11.5 Å².